The summed E-state index contributed by atoms with van der Waals surface area (Å²) in [7, 11) is 2.95. The SMILES string of the molecule is COC(=O)C1=C(C)N=c2s/c(=C\c3ccc(OC)cc3)c(=O)n2C1c1ccccc1C. The lowest BCUT2D eigenvalue weighted by atomic mass is 9.93. The van der Waals surface area contributed by atoms with Gasteiger partial charge in [-0.2, -0.15) is 0 Å². The number of benzene rings is 2. The van der Waals surface area contributed by atoms with Crippen LogP contribution in [0.3, 0.4) is 0 Å². The molecule has 31 heavy (non-hydrogen) atoms. The van der Waals surface area contributed by atoms with Gasteiger partial charge in [-0.25, -0.2) is 9.79 Å². The molecule has 3 aromatic rings. The molecule has 0 saturated carbocycles. The molecule has 0 amide bonds. The average molecular weight is 435 g/mol. The Hall–Kier alpha value is -3.45. The molecular formula is C24H22N2O4S. The molecule has 158 valence electrons. The van der Waals surface area contributed by atoms with E-state index >= 15 is 0 Å². The third-order valence-electron chi connectivity index (χ3n) is 5.32. The monoisotopic (exact) mass is 434 g/mol. The average Bonchev–Trinajstić information content (AvgIpc) is 3.08. The smallest absolute Gasteiger partial charge is 0.338 e. The summed E-state index contributed by atoms with van der Waals surface area (Å²) >= 11 is 1.31. The van der Waals surface area contributed by atoms with Crippen LogP contribution >= 0.6 is 11.3 Å². The Kier molecular flexibility index (Phi) is 5.61. The van der Waals surface area contributed by atoms with Crippen molar-refractivity contribution in [2.45, 2.75) is 19.9 Å². The molecule has 1 aliphatic rings. The fraction of sp³-hybridized carbons (Fsp3) is 0.208. The van der Waals surface area contributed by atoms with Crippen LogP contribution in [0.4, 0.5) is 0 Å². The minimum atomic E-state index is -0.595. The van der Waals surface area contributed by atoms with Crippen molar-refractivity contribution in [1.29, 1.82) is 0 Å². The largest absolute Gasteiger partial charge is 0.497 e. The summed E-state index contributed by atoms with van der Waals surface area (Å²) in [6.07, 6.45) is 1.83. The van der Waals surface area contributed by atoms with E-state index in [1.165, 1.54) is 18.4 Å². The number of hydrogen-bond donors (Lipinski definition) is 0. The summed E-state index contributed by atoms with van der Waals surface area (Å²) in [4.78, 5) is 31.3. The predicted molar refractivity (Wildman–Crippen MR) is 120 cm³/mol. The molecule has 0 aliphatic carbocycles. The maximum absolute atomic E-state index is 13.5. The zero-order chi connectivity index (χ0) is 22.1. The fourth-order valence-corrected chi connectivity index (χ4v) is 4.78. The van der Waals surface area contributed by atoms with Crippen molar-refractivity contribution in [2.75, 3.05) is 14.2 Å². The number of allylic oxidation sites excluding steroid dienone is 1. The van der Waals surface area contributed by atoms with E-state index in [1.807, 2.05) is 61.5 Å². The normalized spacial score (nSPS) is 16.0. The molecule has 0 radical (unpaired) electrons. The number of esters is 1. The van der Waals surface area contributed by atoms with Gasteiger partial charge in [0.15, 0.2) is 4.80 Å². The number of fused-ring (bicyclic) bond motifs is 1. The minimum absolute atomic E-state index is 0.193. The topological polar surface area (TPSA) is 69.9 Å². The lowest BCUT2D eigenvalue weighted by molar-refractivity contribution is -0.136. The highest BCUT2D eigenvalue weighted by Gasteiger charge is 2.33. The molecule has 1 unspecified atom stereocenters. The quantitative estimate of drug-likeness (QED) is 0.592. The first-order chi connectivity index (χ1) is 14.9. The van der Waals surface area contributed by atoms with Gasteiger partial charge in [0.05, 0.1) is 36.1 Å². The van der Waals surface area contributed by atoms with Crippen molar-refractivity contribution >= 4 is 23.4 Å². The van der Waals surface area contributed by atoms with Crippen molar-refractivity contribution in [3.8, 4) is 5.75 Å². The lowest BCUT2D eigenvalue weighted by Gasteiger charge is -2.25. The van der Waals surface area contributed by atoms with Gasteiger partial charge in [-0.15, -0.1) is 0 Å². The number of rotatable bonds is 4. The second kappa shape index (κ2) is 8.35. The van der Waals surface area contributed by atoms with Crippen molar-refractivity contribution in [3.05, 3.63) is 96.2 Å². The van der Waals surface area contributed by atoms with Crippen LogP contribution < -0.4 is 19.6 Å². The highest BCUT2D eigenvalue weighted by molar-refractivity contribution is 7.07. The summed E-state index contributed by atoms with van der Waals surface area (Å²) in [5, 5.41) is 0. The number of nitrogens with zero attached hydrogens (tertiary/aromatic N) is 2. The number of thiazole rings is 1. The van der Waals surface area contributed by atoms with Crippen molar-refractivity contribution in [3.63, 3.8) is 0 Å². The third kappa shape index (κ3) is 3.72. The molecule has 4 rings (SSSR count). The summed E-state index contributed by atoms with van der Waals surface area (Å²) in [5.41, 5.74) is 3.46. The van der Waals surface area contributed by atoms with E-state index in [0.29, 0.717) is 20.6 Å². The van der Waals surface area contributed by atoms with Gasteiger partial charge >= 0.3 is 5.97 Å². The van der Waals surface area contributed by atoms with Gasteiger partial charge in [-0.1, -0.05) is 47.7 Å². The predicted octanol–water partition coefficient (Wildman–Crippen LogP) is 2.73. The van der Waals surface area contributed by atoms with Crippen LogP contribution in [0.25, 0.3) is 6.08 Å². The molecule has 0 spiro atoms. The van der Waals surface area contributed by atoms with Crippen LogP contribution in [-0.2, 0) is 9.53 Å². The summed E-state index contributed by atoms with van der Waals surface area (Å²) < 4.78 is 12.4. The highest BCUT2D eigenvalue weighted by Crippen LogP contribution is 2.32. The summed E-state index contributed by atoms with van der Waals surface area (Å²) in [5.74, 6) is 0.260. The standard InChI is InChI=1S/C24H22N2O4S/c1-14-7-5-6-8-18(14)21-20(23(28)30-4)15(2)25-24-26(21)22(27)19(31-24)13-16-9-11-17(29-3)12-10-16/h5-13,21H,1-4H3/b19-13-. The van der Waals surface area contributed by atoms with Gasteiger partial charge in [0.1, 0.15) is 5.75 Å². The molecule has 1 aromatic heterocycles. The Morgan fingerprint density at radius 3 is 2.45 bits per heavy atom. The summed E-state index contributed by atoms with van der Waals surface area (Å²) in [6.45, 7) is 3.74. The molecule has 0 bridgehead atoms. The van der Waals surface area contributed by atoms with Gasteiger partial charge in [-0.05, 0) is 48.7 Å². The Bertz CT molecular complexity index is 1360. The fourth-order valence-electron chi connectivity index (χ4n) is 3.73. The number of carbonyl (C=O) groups is 1. The second-order valence-corrected chi connectivity index (χ2v) is 8.21. The van der Waals surface area contributed by atoms with Crippen LogP contribution in [0.15, 0.2) is 69.6 Å². The van der Waals surface area contributed by atoms with Crippen LogP contribution in [0.2, 0.25) is 0 Å². The number of ether oxygens (including phenoxy) is 2. The van der Waals surface area contributed by atoms with Crippen molar-refractivity contribution in [2.24, 2.45) is 4.99 Å². The van der Waals surface area contributed by atoms with E-state index in [-0.39, 0.29) is 5.56 Å². The number of aromatic nitrogens is 1. The first kappa shape index (κ1) is 20.8. The van der Waals surface area contributed by atoms with E-state index in [1.54, 1.807) is 18.6 Å². The number of methoxy groups -OCH3 is 2. The minimum Gasteiger partial charge on any atom is -0.497 e. The van der Waals surface area contributed by atoms with Crippen LogP contribution in [-0.4, -0.2) is 24.8 Å². The molecule has 2 heterocycles. The van der Waals surface area contributed by atoms with E-state index < -0.39 is 12.0 Å². The lowest BCUT2D eigenvalue weighted by Crippen LogP contribution is -2.40. The molecule has 1 atom stereocenters. The summed E-state index contributed by atoms with van der Waals surface area (Å²) in [6, 6.07) is 14.6. The first-order valence-electron chi connectivity index (χ1n) is 9.75. The first-order valence-corrected chi connectivity index (χ1v) is 10.6. The maximum Gasteiger partial charge on any atom is 0.338 e. The van der Waals surface area contributed by atoms with E-state index in [4.69, 9.17) is 9.47 Å². The van der Waals surface area contributed by atoms with Crippen LogP contribution in [0, 0.1) is 6.92 Å². The van der Waals surface area contributed by atoms with Gasteiger partial charge in [0.2, 0.25) is 0 Å². The second-order valence-electron chi connectivity index (χ2n) is 7.20. The molecule has 7 heteroatoms. The third-order valence-corrected chi connectivity index (χ3v) is 6.31. The van der Waals surface area contributed by atoms with Crippen LogP contribution in [0.5, 0.6) is 5.75 Å². The van der Waals surface area contributed by atoms with Gasteiger partial charge < -0.3 is 9.47 Å². The number of aryl methyl sites for hydroxylation is 1. The van der Waals surface area contributed by atoms with Gasteiger partial charge in [0, 0.05) is 0 Å². The highest BCUT2D eigenvalue weighted by atomic mass is 32.1. The zero-order valence-electron chi connectivity index (χ0n) is 17.7. The van der Waals surface area contributed by atoms with Crippen LogP contribution in [0.1, 0.15) is 29.7 Å². The van der Waals surface area contributed by atoms with Crippen molar-refractivity contribution < 1.29 is 14.3 Å². The van der Waals surface area contributed by atoms with E-state index in [2.05, 4.69) is 4.99 Å². The molecule has 6 nitrogen and oxygen atoms in total. The molecule has 0 fully saturated rings. The van der Waals surface area contributed by atoms with Gasteiger partial charge in [-0.3, -0.25) is 9.36 Å². The molecule has 2 aromatic carbocycles. The Labute approximate surface area is 183 Å². The maximum atomic E-state index is 13.5. The van der Waals surface area contributed by atoms with E-state index in [9.17, 15) is 9.59 Å². The Balaban J connectivity index is 1.96. The number of carbonyl (C=O) groups excluding carboxylic acids is 1. The zero-order valence-corrected chi connectivity index (χ0v) is 18.5. The van der Waals surface area contributed by atoms with E-state index in [0.717, 1.165) is 22.4 Å². The number of hydrogen-bond acceptors (Lipinski definition) is 6. The Morgan fingerprint density at radius 2 is 1.81 bits per heavy atom. The molecule has 0 saturated heterocycles. The van der Waals surface area contributed by atoms with Gasteiger partial charge in [0.25, 0.3) is 5.56 Å². The molecular weight excluding hydrogens is 412 g/mol. The molecule has 1 aliphatic heterocycles. The Morgan fingerprint density at radius 1 is 1.10 bits per heavy atom. The molecule has 0 N–H and O–H groups in total. The van der Waals surface area contributed by atoms with Crippen molar-refractivity contribution in [1.82, 2.24) is 4.57 Å².